The molecule has 1 rings (SSSR count). The zero-order valence-corrected chi connectivity index (χ0v) is 8.80. The van der Waals surface area contributed by atoms with Crippen LogP contribution in [0.4, 0.5) is 0 Å². The maximum Gasteiger partial charge on any atom is -0.00715 e. The van der Waals surface area contributed by atoms with Gasteiger partial charge >= 0.3 is 0 Å². The first kappa shape index (κ1) is 10.3. The van der Waals surface area contributed by atoms with Crippen LogP contribution < -0.4 is 5.73 Å². The fraction of sp³-hybridized carbons (Fsp3) is 0.500. The van der Waals surface area contributed by atoms with Gasteiger partial charge in [0.2, 0.25) is 0 Å². The van der Waals surface area contributed by atoms with E-state index >= 15 is 0 Å². The molecule has 0 spiro atoms. The van der Waals surface area contributed by atoms with Crippen LogP contribution in [0.25, 0.3) is 0 Å². The van der Waals surface area contributed by atoms with Crippen molar-refractivity contribution in [1.29, 1.82) is 0 Å². The summed E-state index contributed by atoms with van der Waals surface area (Å²) in [5, 5.41) is 0. The van der Waals surface area contributed by atoms with Gasteiger partial charge in [0.15, 0.2) is 0 Å². The van der Waals surface area contributed by atoms with Crippen LogP contribution in [0.5, 0.6) is 0 Å². The summed E-state index contributed by atoms with van der Waals surface area (Å²) in [7, 11) is 0. The fourth-order valence-electron chi connectivity index (χ4n) is 1.71. The van der Waals surface area contributed by atoms with Crippen molar-refractivity contribution in [3.8, 4) is 0 Å². The van der Waals surface area contributed by atoms with E-state index in [2.05, 4.69) is 39.0 Å². The quantitative estimate of drug-likeness (QED) is 0.755. The summed E-state index contributed by atoms with van der Waals surface area (Å²) in [6, 6.07) is 6.72. The molecular formula is C12H19N. The smallest absolute Gasteiger partial charge is 0.00715 e. The van der Waals surface area contributed by atoms with E-state index < -0.39 is 0 Å². The van der Waals surface area contributed by atoms with Gasteiger partial charge in [0.25, 0.3) is 0 Å². The molecule has 1 heteroatoms. The summed E-state index contributed by atoms with van der Waals surface area (Å²) in [6.45, 7) is 7.30. The lowest BCUT2D eigenvalue weighted by molar-refractivity contribution is 0.689. The first-order valence-electron chi connectivity index (χ1n) is 4.91. The highest BCUT2D eigenvalue weighted by Crippen LogP contribution is 2.20. The summed E-state index contributed by atoms with van der Waals surface area (Å²) in [5.74, 6) is 0.587. The van der Waals surface area contributed by atoms with Gasteiger partial charge in [0.05, 0.1) is 0 Å². The molecule has 2 N–H and O–H groups in total. The first-order valence-corrected chi connectivity index (χ1v) is 4.91. The van der Waals surface area contributed by atoms with Crippen LogP contribution in [0.2, 0.25) is 0 Å². The molecule has 1 unspecified atom stereocenters. The summed E-state index contributed by atoms with van der Waals surface area (Å²) in [4.78, 5) is 0. The lowest BCUT2D eigenvalue weighted by Gasteiger charge is -2.12. The van der Waals surface area contributed by atoms with Gasteiger partial charge in [0, 0.05) is 0 Å². The summed E-state index contributed by atoms with van der Waals surface area (Å²) in [5.41, 5.74) is 9.65. The van der Waals surface area contributed by atoms with Crippen LogP contribution in [-0.2, 0) is 0 Å². The van der Waals surface area contributed by atoms with Crippen molar-refractivity contribution < 1.29 is 0 Å². The fourth-order valence-corrected chi connectivity index (χ4v) is 1.71. The van der Waals surface area contributed by atoms with E-state index in [9.17, 15) is 0 Å². The van der Waals surface area contributed by atoms with Gasteiger partial charge in [0.1, 0.15) is 0 Å². The zero-order chi connectivity index (χ0) is 9.84. The molecule has 0 saturated heterocycles. The normalized spacial score (nSPS) is 12.9. The van der Waals surface area contributed by atoms with Gasteiger partial charge in [-0.15, -0.1) is 0 Å². The lowest BCUT2D eigenvalue weighted by Crippen LogP contribution is -2.04. The Balaban J connectivity index is 2.87. The number of hydrogen-bond donors (Lipinski definition) is 1. The van der Waals surface area contributed by atoms with Crippen molar-refractivity contribution in [2.45, 2.75) is 33.1 Å². The van der Waals surface area contributed by atoms with Gasteiger partial charge in [-0.05, 0) is 38.3 Å². The van der Waals surface area contributed by atoms with Gasteiger partial charge in [-0.3, -0.25) is 0 Å². The monoisotopic (exact) mass is 177 g/mol. The molecule has 72 valence electrons. The SMILES string of the molecule is Cc1cc(C)cc(C(C)CCN)c1. The molecule has 1 aromatic rings. The lowest BCUT2D eigenvalue weighted by atomic mass is 9.95. The number of nitrogens with two attached hydrogens (primary N) is 1. The Morgan fingerprint density at radius 1 is 1.15 bits per heavy atom. The Morgan fingerprint density at radius 3 is 2.15 bits per heavy atom. The molecule has 1 nitrogen and oxygen atoms in total. The van der Waals surface area contributed by atoms with Gasteiger partial charge in [-0.1, -0.05) is 36.2 Å². The molecular weight excluding hydrogens is 158 g/mol. The molecule has 0 heterocycles. The average Bonchev–Trinajstić information content (AvgIpc) is 2.03. The highest BCUT2D eigenvalue weighted by Gasteiger charge is 2.04. The van der Waals surface area contributed by atoms with Crippen LogP contribution in [0, 0.1) is 13.8 Å². The van der Waals surface area contributed by atoms with Crippen molar-refractivity contribution >= 4 is 0 Å². The third-order valence-corrected chi connectivity index (χ3v) is 2.41. The minimum absolute atomic E-state index is 0.587. The van der Waals surface area contributed by atoms with E-state index in [0.717, 1.165) is 13.0 Å². The van der Waals surface area contributed by atoms with E-state index in [1.807, 2.05) is 0 Å². The number of hydrogen-bond acceptors (Lipinski definition) is 1. The highest BCUT2D eigenvalue weighted by molar-refractivity contribution is 5.30. The predicted molar refractivity (Wildman–Crippen MR) is 58.0 cm³/mol. The zero-order valence-electron chi connectivity index (χ0n) is 8.80. The molecule has 0 saturated carbocycles. The van der Waals surface area contributed by atoms with Crippen LogP contribution in [0.3, 0.4) is 0 Å². The minimum atomic E-state index is 0.587. The van der Waals surface area contributed by atoms with Crippen LogP contribution in [-0.4, -0.2) is 6.54 Å². The van der Waals surface area contributed by atoms with Crippen molar-refractivity contribution in [2.75, 3.05) is 6.54 Å². The third kappa shape index (κ3) is 2.85. The number of benzene rings is 1. The van der Waals surface area contributed by atoms with E-state index in [4.69, 9.17) is 5.73 Å². The number of rotatable bonds is 3. The van der Waals surface area contributed by atoms with Crippen LogP contribution in [0.15, 0.2) is 18.2 Å². The minimum Gasteiger partial charge on any atom is -0.330 e. The van der Waals surface area contributed by atoms with Crippen molar-refractivity contribution in [3.63, 3.8) is 0 Å². The maximum atomic E-state index is 5.54. The molecule has 0 fully saturated rings. The molecule has 0 bridgehead atoms. The van der Waals surface area contributed by atoms with Crippen LogP contribution >= 0.6 is 0 Å². The standard InChI is InChI=1S/C12H19N/c1-9-6-10(2)8-12(7-9)11(3)4-5-13/h6-8,11H,4-5,13H2,1-3H3. The largest absolute Gasteiger partial charge is 0.330 e. The molecule has 13 heavy (non-hydrogen) atoms. The van der Waals surface area contributed by atoms with Crippen LogP contribution in [0.1, 0.15) is 36.0 Å². The Kier molecular flexibility index (Phi) is 3.49. The van der Waals surface area contributed by atoms with E-state index in [0.29, 0.717) is 5.92 Å². The predicted octanol–water partition coefficient (Wildman–Crippen LogP) is 2.76. The van der Waals surface area contributed by atoms with E-state index in [1.165, 1.54) is 16.7 Å². The molecule has 0 aromatic heterocycles. The second kappa shape index (κ2) is 4.43. The van der Waals surface area contributed by atoms with E-state index in [-0.39, 0.29) is 0 Å². The second-order valence-corrected chi connectivity index (χ2v) is 3.90. The molecule has 0 aliphatic rings. The maximum absolute atomic E-state index is 5.54. The molecule has 0 radical (unpaired) electrons. The molecule has 1 aromatic carbocycles. The molecule has 1 atom stereocenters. The van der Waals surface area contributed by atoms with Crippen molar-refractivity contribution in [1.82, 2.24) is 0 Å². The summed E-state index contributed by atoms with van der Waals surface area (Å²) in [6.07, 6.45) is 1.07. The Hall–Kier alpha value is -0.820. The third-order valence-electron chi connectivity index (χ3n) is 2.41. The van der Waals surface area contributed by atoms with Gasteiger partial charge in [-0.25, -0.2) is 0 Å². The topological polar surface area (TPSA) is 26.0 Å². The molecule has 0 aliphatic heterocycles. The average molecular weight is 177 g/mol. The van der Waals surface area contributed by atoms with Gasteiger partial charge < -0.3 is 5.73 Å². The Bertz CT molecular complexity index is 258. The van der Waals surface area contributed by atoms with Gasteiger partial charge in [-0.2, -0.15) is 0 Å². The summed E-state index contributed by atoms with van der Waals surface area (Å²) >= 11 is 0. The van der Waals surface area contributed by atoms with Crippen molar-refractivity contribution in [2.24, 2.45) is 5.73 Å². The highest BCUT2D eigenvalue weighted by atomic mass is 14.5. The Labute approximate surface area is 81.0 Å². The molecule has 0 amide bonds. The molecule has 0 aliphatic carbocycles. The number of aryl methyl sites for hydroxylation is 2. The second-order valence-electron chi connectivity index (χ2n) is 3.90. The van der Waals surface area contributed by atoms with Crippen molar-refractivity contribution in [3.05, 3.63) is 34.9 Å². The Morgan fingerprint density at radius 2 is 1.69 bits per heavy atom. The summed E-state index contributed by atoms with van der Waals surface area (Å²) < 4.78 is 0. The van der Waals surface area contributed by atoms with E-state index in [1.54, 1.807) is 0 Å². The first-order chi connectivity index (χ1) is 6.13.